The summed E-state index contributed by atoms with van der Waals surface area (Å²) in [5.41, 5.74) is 9.22. The van der Waals surface area contributed by atoms with E-state index < -0.39 is 0 Å². The molecule has 2 N–H and O–H groups in total. The average molecular weight is 584 g/mol. The van der Waals surface area contributed by atoms with Gasteiger partial charge in [0.15, 0.2) is 17.1 Å². The molecule has 0 saturated heterocycles. The molecule has 7 aromatic rings. The fraction of sp³-hybridized carbons (Fsp3) is 0.0500. The normalized spacial score (nSPS) is 17.2. The molecule has 0 amide bonds. The predicted octanol–water partition coefficient (Wildman–Crippen LogP) is 10.1. The number of nitrogens with one attached hydrogen (secondary N) is 2. The molecular weight excluding hydrogens is 554 g/mol. The number of benzene rings is 6. The van der Waals surface area contributed by atoms with Crippen LogP contribution < -0.4 is 20.3 Å². The van der Waals surface area contributed by atoms with Crippen molar-refractivity contribution in [3.63, 3.8) is 0 Å². The van der Waals surface area contributed by atoms with Gasteiger partial charge in [0.05, 0.1) is 23.1 Å². The van der Waals surface area contributed by atoms with Crippen molar-refractivity contribution in [2.24, 2.45) is 0 Å². The van der Waals surface area contributed by atoms with E-state index in [2.05, 4.69) is 131 Å². The largest absolute Gasteiger partial charge is 0.454 e. The molecule has 0 radical (unpaired) electrons. The van der Waals surface area contributed by atoms with Crippen LogP contribution in [0.3, 0.4) is 0 Å². The van der Waals surface area contributed by atoms with Gasteiger partial charge in [-0.05, 0) is 59.2 Å². The highest BCUT2D eigenvalue weighted by Gasteiger charge is 2.29. The van der Waals surface area contributed by atoms with Gasteiger partial charge in [-0.2, -0.15) is 0 Å². The molecule has 5 nitrogen and oxygen atoms in total. The van der Waals surface area contributed by atoms with Crippen LogP contribution >= 0.6 is 0 Å². The highest BCUT2D eigenvalue weighted by Crippen LogP contribution is 2.52. The van der Waals surface area contributed by atoms with Crippen LogP contribution in [0.5, 0.6) is 11.5 Å². The quantitative estimate of drug-likeness (QED) is 0.216. The van der Waals surface area contributed by atoms with Crippen LogP contribution in [0.25, 0.3) is 27.6 Å². The van der Waals surface area contributed by atoms with Gasteiger partial charge in [0.25, 0.3) is 0 Å². The van der Waals surface area contributed by atoms with Gasteiger partial charge in [0.2, 0.25) is 0 Å². The Morgan fingerprint density at radius 2 is 1.22 bits per heavy atom. The molecule has 6 aromatic carbocycles. The van der Waals surface area contributed by atoms with Crippen molar-refractivity contribution < 1.29 is 9.15 Å². The van der Waals surface area contributed by atoms with Crippen LogP contribution in [-0.4, -0.2) is 0 Å². The molecule has 0 aliphatic carbocycles. The standard InChI is InChI=1S/C40H29N3O2/c1-3-12-26(13-4-1)31-25-32(42-40(41-31)27-14-5-2-6-15-27)28-22-23-29-30-16-11-19-35(39(30)45-38(29)24-28)43-33-17-7-9-20-36(33)44-37-21-10-8-18-34(37)43/h1-25,32,40-42H. The summed E-state index contributed by atoms with van der Waals surface area (Å²) in [6.07, 6.45) is 2.22. The fourth-order valence-corrected chi connectivity index (χ4v) is 6.59. The summed E-state index contributed by atoms with van der Waals surface area (Å²) in [5, 5.41) is 9.70. The van der Waals surface area contributed by atoms with E-state index in [1.54, 1.807) is 0 Å². The van der Waals surface area contributed by atoms with Crippen molar-refractivity contribution in [1.82, 2.24) is 10.6 Å². The summed E-state index contributed by atoms with van der Waals surface area (Å²) in [6.45, 7) is 0. The molecule has 2 atom stereocenters. The first-order valence-electron chi connectivity index (χ1n) is 15.3. The Morgan fingerprint density at radius 1 is 0.556 bits per heavy atom. The summed E-state index contributed by atoms with van der Waals surface area (Å²) < 4.78 is 13.0. The number of nitrogens with zero attached hydrogens (tertiary/aromatic N) is 1. The maximum Gasteiger partial charge on any atom is 0.159 e. The summed E-state index contributed by atoms with van der Waals surface area (Å²) in [7, 11) is 0. The number of anilines is 3. The second-order valence-corrected chi connectivity index (χ2v) is 11.5. The Labute approximate surface area is 261 Å². The second-order valence-electron chi connectivity index (χ2n) is 11.5. The van der Waals surface area contributed by atoms with Crippen LogP contribution in [0, 0.1) is 0 Å². The van der Waals surface area contributed by atoms with E-state index in [9.17, 15) is 0 Å². The van der Waals surface area contributed by atoms with Crippen molar-refractivity contribution in [2.75, 3.05) is 4.90 Å². The molecule has 45 heavy (non-hydrogen) atoms. The lowest BCUT2D eigenvalue weighted by Gasteiger charge is -2.33. The zero-order chi connectivity index (χ0) is 29.7. The topological polar surface area (TPSA) is 49.7 Å². The average Bonchev–Trinajstić information content (AvgIpc) is 3.49. The van der Waals surface area contributed by atoms with E-state index in [0.717, 1.165) is 67.3 Å². The van der Waals surface area contributed by atoms with Gasteiger partial charge in [0, 0.05) is 16.5 Å². The minimum atomic E-state index is -0.0455. The summed E-state index contributed by atoms with van der Waals surface area (Å²) >= 11 is 0. The molecule has 0 spiro atoms. The third-order valence-electron chi connectivity index (χ3n) is 8.73. The smallest absolute Gasteiger partial charge is 0.159 e. The zero-order valence-corrected chi connectivity index (χ0v) is 24.4. The summed E-state index contributed by atoms with van der Waals surface area (Å²) in [6, 6.07) is 50.3. The van der Waals surface area contributed by atoms with Crippen LogP contribution in [0.1, 0.15) is 28.9 Å². The first-order valence-corrected chi connectivity index (χ1v) is 15.3. The maximum atomic E-state index is 6.77. The number of fused-ring (bicyclic) bond motifs is 5. The van der Waals surface area contributed by atoms with Crippen LogP contribution in [0.15, 0.2) is 156 Å². The number of rotatable bonds is 4. The lowest BCUT2D eigenvalue weighted by Crippen LogP contribution is -2.39. The van der Waals surface area contributed by atoms with E-state index in [1.807, 2.05) is 36.4 Å². The SMILES string of the molecule is C1=C(c2ccccc2)NC(c2ccccc2)NC1c1ccc2c(c1)oc1c(N3c4ccccc4Oc4ccccc43)cccc12. The zero-order valence-electron chi connectivity index (χ0n) is 24.4. The summed E-state index contributed by atoms with van der Waals surface area (Å²) in [5.74, 6) is 1.63. The van der Waals surface area contributed by atoms with E-state index in [0.29, 0.717) is 0 Å². The Balaban J connectivity index is 1.17. The lowest BCUT2D eigenvalue weighted by molar-refractivity contribution is 0.442. The second kappa shape index (κ2) is 10.4. The molecule has 2 unspecified atom stereocenters. The third-order valence-corrected chi connectivity index (χ3v) is 8.73. The molecule has 3 heterocycles. The maximum absolute atomic E-state index is 6.77. The van der Waals surface area contributed by atoms with Gasteiger partial charge in [-0.25, -0.2) is 0 Å². The van der Waals surface area contributed by atoms with Crippen LogP contribution in [0.4, 0.5) is 17.1 Å². The van der Waals surface area contributed by atoms with E-state index >= 15 is 0 Å². The number of para-hydroxylation sites is 5. The van der Waals surface area contributed by atoms with Gasteiger partial charge in [-0.15, -0.1) is 0 Å². The molecule has 0 saturated carbocycles. The van der Waals surface area contributed by atoms with Crippen molar-refractivity contribution in [3.05, 3.63) is 168 Å². The molecule has 2 aliphatic heterocycles. The molecule has 216 valence electrons. The minimum absolute atomic E-state index is 0.0262. The Morgan fingerprint density at radius 3 is 1.98 bits per heavy atom. The van der Waals surface area contributed by atoms with Crippen molar-refractivity contribution >= 4 is 44.7 Å². The molecule has 1 aromatic heterocycles. The number of hydrogen-bond donors (Lipinski definition) is 2. The highest BCUT2D eigenvalue weighted by atomic mass is 16.5. The third kappa shape index (κ3) is 4.36. The minimum Gasteiger partial charge on any atom is -0.454 e. The van der Waals surface area contributed by atoms with Gasteiger partial charge < -0.3 is 14.5 Å². The number of hydrogen-bond acceptors (Lipinski definition) is 5. The highest BCUT2D eigenvalue weighted by molar-refractivity contribution is 6.11. The summed E-state index contributed by atoms with van der Waals surface area (Å²) in [4.78, 5) is 2.24. The predicted molar refractivity (Wildman–Crippen MR) is 181 cm³/mol. The van der Waals surface area contributed by atoms with Crippen molar-refractivity contribution in [3.8, 4) is 11.5 Å². The van der Waals surface area contributed by atoms with Crippen LogP contribution in [0.2, 0.25) is 0 Å². The molecular formula is C40H29N3O2. The van der Waals surface area contributed by atoms with Crippen molar-refractivity contribution in [2.45, 2.75) is 12.2 Å². The fourth-order valence-electron chi connectivity index (χ4n) is 6.59. The van der Waals surface area contributed by atoms with Gasteiger partial charge >= 0.3 is 0 Å². The molecule has 0 fully saturated rings. The Bertz CT molecular complexity index is 2180. The van der Waals surface area contributed by atoms with Crippen molar-refractivity contribution in [1.29, 1.82) is 0 Å². The van der Waals surface area contributed by atoms with E-state index in [-0.39, 0.29) is 12.2 Å². The monoisotopic (exact) mass is 583 g/mol. The van der Waals surface area contributed by atoms with Gasteiger partial charge in [-0.1, -0.05) is 109 Å². The van der Waals surface area contributed by atoms with Gasteiger partial charge in [0.1, 0.15) is 11.7 Å². The Kier molecular flexibility index (Phi) is 5.96. The first kappa shape index (κ1) is 25.7. The number of furan rings is 1. The van der Waals surface area contributed by atoms with E-state index in [1.165, 1.54) is 5.56 Å². The molecule has 0 bridgehead atoms. The van der Waals surface area contributed by atoms with Gasteiger partial charge in [-0.3, -0.25) is 10.2 Å². The Hall–Kier alpha value is -5.78. The molecule has 9 rings (SSSR count). The van der Waals surface area contributed by atoms with Crippen LogP contribution in [-0.2, 0) is 0 Å². The van der Waals surface area contributed by atoms with E-state index in [4.69, 9.17) is 9.15 Å². The lowest BCUT2D eigenvalue weighted by atomic mass is 9.97. The molecule has 5 heteroatoms. The molecule has 2 aliphatic rings. The first-order chi connectivity index (χ1) is 22.3. The number of ether oxygens (including phenoxy) is 1.